The number of piperidine rings is 1. The number of carbonyl (C=O) groups is 1. The van der Waals surface area contributed by atoms with E-state index in [2.05, 4.69) is 20.2 Å². The van der Waals surface area contributed by atoms with Crippen molar-refractivity contribution >= 4 is 23.3 Å². The Hall–Kier alpha value is -2.63. The van der Waals surface area contributed by atoms with Gasteiger partial charge < -0.3 is 15.3 Å². The van der Waals surface area contributed by atoms with Gasteiger partial charge in [-0.25, -0.2) is 14.8 Å². The molecule has 2 N–H and O–H groups in total. The van der Waals surface area contributed by atoms with E-state index in [1.807, 2.05) is 6.07 Å². The van der Waals surface area contributed by atoms with E-state index in [1.165, 1.54) is 25.6 Å². The Labute approximate surface area is 128 Å². The molecule has 3 rings (SSSR count). The predicted molar refractivity (Wildman–Crippen MR) is 84.8 cm³/mol. The number of benzene rings is 1. The number of carboxylic acid groups (broad SMARTS) is 1. The van der Waals surface area contributed by atoms with Crippen molar-refractivity contribution in [2.24, 2.45) is 0 Å². The lowest BCUT2D eigenvalue weighted by Gasteiger charge is -2.27. The molecule has 0 atom stereocenters. The van der Waals surface area contributed by atoms with Crippen molar-refractivity contribution in [2.75, 3.05) is 23.3 Å². The van der Waals surface area contributed by atoms with Crippen molar-refractivity contribution in [3.8, 4) is 0 Å². The van der Waals surface area contributed by atoms with Crippen LogP contribution >= 0.6 is 0 Å². The number of rotatable bonds is 4. The fourth-order valence-corrected chi connectivity index (χ4v) is 2.63. The molecule has 6 heteroatoms. The highest BCUT2D eigenvalue weighted by Crippen LogP contribution is 2.23. The molecule has 0 bridgehead atoms. The second-order valence-corrected chi connectivity index (χ2v) is 5.28. The number of carboxylic acids is 1. The third-order valence-corrected chi connectivity index (χ3v) is 3.75. The summed E-state index contributed by atoms with van der Waals surface area (Å²) in [5.74, 6) is 0.516. The first-order valence-electron chi connectivity index (χ1n) is 7.40. The highest BCUT2D eigenvalue weighted by atomic mass is 16.4. The van der Waals surface area contributed by atoms with Gasteiger partial charge >= 0.3 is 5.97 Å². The van der Waals surface area contributed by atoms with Crippen molar-refractivity contribution < 1.29 is 9.90 Å². The lowest BCUT2D eigenvalue weighted by molar-refractivity contribution is 0.0698. The second-order valence-electron chi connectivity index (χ2n) is 5.28. The van der Waals surface area contributed by atoms with Gasteiger partial charge in [-0.3, -0.25) is 0 Å². The molecule has 114 valence electrons. The van der Waals surface area contributed by atoms with Crippen LogP contribution in [0.4, 0.5) is 17.3 Å². The summed E-state index contributed by atoms with van der Waals surface area (Å²) in [7, 11) is 0. The normalized spacial score (nSPS) is 14.6. The van der Waals surface area contributed by atoms with Gasteiger partial charge in [0, 0.05) is 19.2 Å². The summed E-state index contributed by atoms with van der Waals surface area (Å²) in [4.78, 5) is 22.0. The SMILES string of the molecule is O=C(O)c1ccccc1Nc1cc(N2CCCCC2)ncn1. The van der Waals surface area contributed by atoms with E-state index in [0.29, 0.717) is 11.5 Å². The van der Waals surface area contributed by atoms with Crippen LogP contribution in [0, 0.1) is 0 Å². The third kappa shape index (κ3) is 3.16. The number of hydrogen-bond acceptors (Lipinski definition) is 5. The Morgan fingerprint density at radius 3 is 2.68 bits per heavy atom. The van der Waals surface area contributed by atoms with Crippen LogP contribution in [0.3, 0.4) is 0 Å². The van der Waals surface area contributed by atoms with Gasteiger partial charge in [-0.15, -0.1) is 0 Å². The highest BCUT2D eigenvalue weighted by molar-refractivity contribution is 5.95. The summed E-state index contributed by atoms with van der Waals surface area (Å²) in [6.07, 6.45) is 5.12. The Balaban J connectivity index is 1.82. The van der Waals surface area contributed by atoms with Crippen LogP contribution in [0.1, 0.15) is 29.6 Å². The smallest absolute Gasteiger partial charge is 0.337 e. The number of aromatic carboxylic acids is 1. The molecule has 0 aliphatic carbocycles. The average molecular weight is 298 g/mol. The van der Waals surface area contributed by atoms with Gasteiger partial charge in [-0.05, 0) is 31.4 Å². The minimum absolute atomic E-state index is 0.223. The van der Waals surface area contributed by atoms with Crippen LogP contribution in [0.25, 0.3) is 0 Å². The van der Waals surface area contributed by atoms with Crippen molar-refractivity contribution in [1.29, 1.82) is 0 Å². The fraction of sp³-hybridized carbons (Fsp3) is 0.312. The van der Waals surface area contributed by atoms with E-state index in [-0.39, 0.29) is 5.56 Å². The predicted octanol–water partition coefficient (Wildman–Crippen LogP) is 2.91. The maximum Gasteiger partial charge on any atom is 0.337 e. The molecule has 0 amide bonds. The first-order chi connectivity index (χ1) is 10.7. The summed E-state index contributed by atoms with van der Waals surface area (Å²) in [6, 6.07) is 8.66. The van der Waals surface area contributed by atoms with Crippen molar-refractivity contribution in [3.05, 3.63) is 42.2 Å². The molecule has 0 spiro atoms. The minimum atomic E-state index is -0.964. The van der Waals surface area contributed by atoms with Gasteiger partial charge in [0.05, 0.1) is 11.3 Å². The summed E-state index contributed by atoms with van der Waals surface area (Å²) in [5, 5.41) is 12.3. The molecular weight excluding hydrogens is 280 g/mol. The van der Waals surface area contributed by atoms with E-state index >= 15 is 0 Å². The second kappa shape index (κ2) is 6.43. The molecule has 1 aliphatic rings. The van der Waals surface area contributed by atoms with Crippen LogP contribution in [0.5, 0.6) is 0 Å². The molecule has 1 saturated heterocycles. The summed E-state index contributed by atoms with van der Waals surface area (Å²) >= 11 is 0. The van der Waals surface area contributed by atoms with Gasteiger partial charge in [-0.2, -0.15) is 0 Å². The molecule has 0 radical (unpaired) electrons. The van der Waals surface area contributed by atoms with E-state index in [0.717, 1.165) is 18.9 Å². The van der Waals surface area contributed by atoms with Crippen molar-refractivity contribution in [3.63, 3.8) is 0 Å². The minimum Gasteiger partial charge on any atom is -0.478 e. The lowest BCUT2D eigenvalue weighted by atomic mass is 10.1. The molecular formula is C16H18N4O2. The standard InChI is InChI=1S/C16H18N4O2/c21-16(22)12-6-2-3-7-13(12)19-14-10-15(18-11-17-14)20-8-4-1-5-9-20/h2-3,6-7,10-11H,1,4-5,8-9H2,(H,21,22)(H,17,18,19). The molecule has 1 aromatic heterocycles. The molecule has 0 saturated carbocycles. The summed E-state index contributed by atoms with van der Waals surface area (Å²) in [6.45, 7) is 2.00. The maximum atomic E-state index is 11.2. The zero-order valence-corrected chi connectivity index (χ0v) is 12.2. The number of nitrogens with zero attached hydrogens (tertiary/aromatic N) is 3. The van der Waals surface area contributed by atoms with Gasteiger partial charge in [0.25, 0.3) is 0 Å². The monoisotopic (exact) mass is 298 g/mol. The summed E-state index contributed by atoms with van der Waals surface area (Å²) in [5.41, 5.74) is 0.749. The average Bonchev–Trinajstić information content (AvgIpc) is 2.56. The topological polar surface area (TPSA) is 78.4 Å². The van der Waals surface area contributed by atoms with Gasteiger partial charge in [0.15, 0.2) is 0 Å². The third-order valence-electron chi connectivity index (χ3n) is 3.75. The number of anilines is 3. The number of nitrogens with one attached hydrogen (secondary N) is 1. The quantitative estimate of drug-likeness (QED) is 0.903. The van der Waals surface area contributed by atoms with E-state index in [9.17, 15) is 9.90 Å². The summed E-state index contributed by atoms with van der Waals surface area (Å²) < 4.78 is 0. The first-order valence-corrected chi connectivity index (χ1v) is 7.40. The molecule has 1 aliphatic heterocycles. The number of para-hydroxylation sites is 1. The Morgan fingerprint density at radius 2 is 1.91 bits per heavy atom. The van der Waals surface area contributed by atoms with Crippen molar-refractivity contribution in [1.82, 2.24) is 9.97 Å². The zero-order valence-electron chi connectivity index (χ0n) is 12.2. The first kappa shape index (κ1) is 14.3. The number of aromatic nitrogens is 2. The highest BCUT2D eigenvalue weighted by Gasteiger charge is 2.14. The fourth-order valence-electron chi connectivity index (χ4n) is 2.63. The molecule has 2 heterocycles. The van der Waals surface area contributed by atoms with Crippen molar-refractivity contribution in [2.45, 2.75) is 19.3 Å². The van der Waals surface area contributed by atoms with E-state index in [1.54, 1.807) is 24.3 Å². The largest absolute Gasteiger partial charge is 0.478 e. The molecule has 22 heavy (non-hydrogen) atoms. The Morgan fingerprint density at radius 1 is 1.14 bits per heavy atom. The van der Waals surface area contributed by atoms with E-state index < -0.39 is 5.97 Å². The molecule has 1 aromatic carbocycles. The van der Waals surface area contributed by atoms with Gasteiger partial charge in [-0.1, -0.05) is 12.1 Å². The number of hydrogen-bond donors (Lipinski definition) is 2. The molecule has 6 nitrogen and oxygen atoms in total. The van der Waals surface area contributed by atoms with E-state index in [4.69, 9.17) is 0 Å². The van der Waals surface area contributed by atoms with Crippen LogP contribution in [-0.2, 0) is 0 Å². The van der Waals surface area contributed by atoms with Crippen LogP contribution in [0.2, 0.25) is 0 Å². The Bertz CT molecular complexity index is 669. The maximum absolute atomic E-state index is 11.2. The van der Waals surface area contributed by atoms with Gasteiger partial charge in [0.2, 0.25) is 0 Å². The van der Waals surface area contributed by atoms with Crippen LogP contribution in [-0.4, -0.2) is 34.1 Å². The molecule has 2 aromatic rings. The Kier molecular flexibility index (Phi) is 4.18. The van der Waals surface area contributed by atoms with Crippen LogP contribution in [0.15, 0.2) is 36.7 Å². The van der Waals surface area contributed by atoms with Gasteiger partial charge in [0.1, 0.15) is 18.0 Å². The molecule has 0 unspecified atom stereocenters. The lowest BCUT2D eigenvalue weighted by Crippen LogP contribution is -2.30. The van der Waals surface area contributed by atoms with Crippen LogP contribution < -0.4 is 10.2 Å². The molecule has 1 fully saturated rings. The zero-order chi connectivity index (χ0) is 15.4.